The summed E-state index contributed by atoms with van der Waals surface area (Å²) in [6.07, 6.45) is 4.64. The van der Waals surface area contributed by atoms with Gasteiger partial charge in [0.25, 0.3) is 11.5 Å². The fourth-order valence-corrected chi connectivity index (χ4v) is 3.41. The highest BCUT2D eigenvalue weighted by atomic mass is 16.5. The summed E-state index contributed by atoms with van der Waals surface area (Å²) >= 11 is 0. The van der Waals surface area contributed by atoms with Crippen LogP contribution in [0.1, 0.15) is 35.0 Å². The summed E-state index contributed by atoms with van der Waals surface area (Å²) < 4.78 is 5.74. The first-order valence-corrected chi connectivity index (χ1v) is 9.71. The van der Waals surface area contributed by atoms with E-state index in [1.807, 2.05) is 25.1 Å². The number of carbonyl (C=O) groups is 1. The Morgan fingerprint density at radius 1 is 1.21 bits per heavy atom. The topological polar surface area (TPSA) is 88.2 Å². The van der Waals surface area contributed by atoms with Crippen LogP contribution in [-0.4, -0.2) is 38.9 Å². The molecule has 148 valence electrons. The zero-order valence-electron chi connectivity index (χ0n) is 16.2. The number of nitrogens with one attached hydrogen (secondary N) is 1. The number of aromatic nitrogens is 3. The lowest BCUT2D eigenvalue weighted by Crippen LogP contribution is -2.39. The molecule has 7 heteroatoms. The van der Waals surface area contributed by atoms with Crippen LogP contribution in [0.5, 0.6) is 5.75 Å². The fraction of sp³-hybridized carbons (Fsp3) is 0.273. The number of H-pyrrole nitrogens is 1. The summed E-state index contributed by atoms with van der Waals surface area (Å²) in [6.45, 7) is 3.33. The summed E-state index contributed by atoms with van der Waals surface area (Å²) in [7, 11) is 0. The number of hydrogen-bond donors (Lipinski definition) is 1. The lowest BCUT2D eigenvalue weighted by Gasteiger charge is -2.28. The van der Waals surface area contributed by atoms with Crippen molar-refractivity contribution in [3.63, 3.8) is 0 Å². The Bertz CT molecular complexity index is 1080. The Balaban J connectivity index is 1.63. The molecule has 3 aromatic rings. The summed E-state index contributed by atoms with van der Waals surface area (Å²) in [5, 5.41) is 0. The van der Waals surface area contributed by atoms with Crippen molar-refractivity contribution in [1.29, 1.82) is 0 Å². The zero-order chi connectivity index (χ0) is 20.2. The highest BCUT2D eigenvalue weighted by Gasteiger charge is 2.27. The van der Waals surface area contributed by atoms with E-state index in [0.29, 0.717) is 48.0 Å². The van der Waals surface area contributed by atoms with E-state index in [-0.39, 0.29) is 18.0 Å². The average Bonchev–Trinajstić information content (AvgIpc) is 2.77. The van der Waals surface area contributed by atoms with Gasteiger partial charge in [-0.3, -0.25) is 14.6 Å². The van der Waals surface area contributed by atoms with Crippen LogP contribution in [-0.2, 0) is 13.0 Å². The molecule has 1 N–H and O–H groups in total. The second kappa shape index (κ2) is 8.26. The minimum atomic E-state index is -0.152. The van der Waals surface area contributed by atoms with Gasteiger partial charge >= 0.3 is 0 Å². The number of aromatic amines is 1. The number of rotatable bonds is 5. The van der Waals surface area contributed by atoms with E-state index >= 15 is 0 Å². The molecule has 7 nitrogen and oxygen atoms in total. The molecule has 0 unspecified atom stereocenters. The van der Waals surface area contributed by atoms with Crippen molar-refractivity contribution >= 4 is 5.91 Å². The predicted molar refractivity (Wildman–Crippen MR) is 109 cm³/mol. The molecule has 29 heavy (non-hydrogen) atoms. The molecular formula is C22H22N4O3. The van der Waals surface area contributed by atoms with Crippen molar-refractivity contribution < 1.29 is 9.53 Å². The first-order chi connectivity index (χ1) is 14.2. The molecule has 0 bridgehead atoms. The van der Waals surface area contributed by atoms with E-state index < -0.39 is 0 Å². The summed E-state index contributed by atoms with van der Waals surface area (Å²) in [5.41, 5.74) is 2.43. The van der Waals surface area contributed by atoms with E-state index in [4.69, 9.17) is 4.74 Å². The van der Waals surface area contributed by atoms with E-state index in [2.05, 4.69) is 15.0 Å². The van der Waals surface area contributed by atoms with Gasteiger partial charge in [-0.15, -0.1) is 0 Å². The van der Waals surface area contributed by atoms with Crippen LogP contribution in [0.2, 0.25) is 0 Å². The van der Waals surface area contributed by atoms with E-state index in [1.54, 1.807) is 35.5 Å². The molecule has 3 heterocycles. The number of ether oxygens (including phenoxy) is 1. The van der Waals surface area contributed by atoms with Crippen molar-refractivity contribution in [2.75, 3.05) is 13.2 Å². The molecule has 0 radical (unpaired) electrons. The van der Waals surface area contributed by atoms with Gasteiger partial charge in [0.2, 0.25) is 0 Å². The number of benzene rings is 1. The Kier molecular flexibility index (Phi) is 5.37. The van der Waals surface area contributed by atoms with Crippen LogP contribution in [0, 0.1) is 0 Å². The van der Waals surface area contributed by atoms with Gasteiger partial charge in [0.1, 0.15) is 11.6 Å². The Labute approximate surface area is 168 Å². The molecule has 1 aromatic carbocycles. The Hall–Kier alpha value is -3.48. The summed E-state index contributed by atoms with van der Waals surface area (Å²) in [6, 6.07) is 10.8. The second-order valence-electron chi connectivity index (χ2n) is 6.90. The lowest BCUT2D eigenvalue weighted by atomic mass is 10.0. The minimum Gasteiger partial charge on any atom is -0.493 e. The van der Waals surface area contributed by atoms with Crippen molar-refractivity contribution in [3.8, 4) is 17.1 Å². The maximum atomic E-state index is 13.2. The van der Waals surface area contributed by atoms with Crippen molar-refractivity contribution in [3.05, 3.63) is 76.0 Å². The molecule has 1 aliphatic rings. The Morgan fingerprint density at radius 3 is 2.79 bits per heavy atom. The van der Waals surface area contributed by atoms with Crippen molar-refractivity contribution in [2.24, 2.45) is 0 Å². The molecule has 0 aliphatic carbocycles. The SMILES string of the molecule is CCCOc1ccccc1C(=O)N1CCc2c(nc(-c3ccncc3)[nH]c2=O)C1. The molecule has 2 aromatic heterocycles. The van der Waals surface area contributed by atoms with E-state index in [0.717, 1.165) is 12.0 Å². The molecule has 4 rings (SSSR count). The van der Waals surface area contributed by atoms with Crippen LogP contribution in [0.4, 0.5) is 0 Å². The summed E-state index contributed by atoms with van der Waals surface area (Å²) in [5.74, 6) is 0.952. The number of carbonyl (C=O) groups excluding carboxylic acids is 1. The van der Waals surface area contributed by atoms with E-state index in [9.17, 15) is 9.59 Å². The minimum absolute atomic E-state index is 0.116. The molecule has 0 saturated carbocycles. The second-order valence-corrected chi connectivity index (χ2v) is 6.90. The van der Waals surface area contributed by atoms with Crippen LogP contribution in [0.3, 0.4) is 0 Å². The van der Waals surface area contributed by atoms with Gasteiger partial charge in [-0.2, -0.15) is 0 Å². The van der Waals surface area contributed by atoms with Gasteiger partial charge in [0.05, 0.1) is 24.4 Å². The van der Waals surface area contributed by atoms with Crippen LogP contribution < -0.4 is 10.3 Å². The van der Waals surface area contributed by atoms with Crippen LogP contribution in [0.25, 0.3) is 11.4 Å². The predicted octanol–water partition coefficient (Wildman–Crippen LogP) is 2.82. The van der Waals surface area contributed by atoms with Gasteiger partial charge in [0.15, 0.2) is 0 Å². The summed E-state index contributed by atoms with van der Waals surface area (Å²) in [4.78, 5) is 38.9. The zero-order valence-corrected chi connectivity index (χ0v) is 16.2. The molecule has 1 amide bonds. The molecular weight excluding hydrogens is 368 g/mol. The van der Waals surface area contributed by atoms with E-state index in [1.165, 1.54) is 0 Å². The fourth-order valence-electron chi connectivity index (χ4n) is 3.41. The van der Waals surface area contributed by atoms with Gasteiger partial charge in [-0.1, -0.05) is 19.1 Å². The standard InChI is InChI=1S/C22H22N4O3/c1-2-13-29-19-6-4-3-5-17(19)22(28)26-12-9-16-18(14-26)24-20(25-21(16)27)15-7-10-23-11-8-15/h3-8,10-11H,2,9,12-14H2,1H3,(H,24,25,27). The average molecular weight is 390 g/mol. The maximum absolute atomic E-state index is 13.2. The molecule has 0 spiro atoms. The van der Waals surface area contributed by atoms with Crippen LogP contribution >= 0.6 is 0 Å². The van der Waals surface area contributed by atoms with Gasteiger partial charge in [-0.25, -0.2) is 4.98 Å². The third kappa shape index (κ3) is 3.89. The Morgan fingerprint density at radius 2 is 2.00 bits per heavy atom. The van der Waals surface area contributed by atoms with Gasteiger partial charge < -0.3 is 14.6 Å². The molecule has 0 saturated heterocycles. The smallest absolute Gasteiger partial charge is 0.257 e. The third-order valence-corrected chi connectivity index (χ3v) is 4.89. The van der Waals surface area contributed by atoms with Gasteiger partial charge in [-0.05, 0) is 37.1 Å². The van der Waals surface area contributed by atoms with Crippen molar-refractivity contribution in [1.82, 2.24) is 19.9 Å². The van der Waals surface area contributed by atoms with Gasteiger partial charge in [0, 0.05) is 30.1 Å². The van der Waals surface area contributed by atoms with Crippen molar-refractivity contribution in [2.45, 2.75) is 26.3 Å². The number of nitrogens with zero attached hydrogens (tertiary/aromatic N) is 3. The number of pyridine rings is 1. The number of fused-ring (bicyclic) bond motifs is 1. The molecule has 0 atom stereocenters. The largest absolute Gasteiger partial charge is 0.493 e. The first-order valence-electron chi connectivity index (χ1n) is 9.71. The highest BCUT2D eigenvalue weighted by Crippen LogP contribution is 2.24. The normalized spacial score (nSPS) is 13.1. The highest BCUT2D eigenvalue weighted by molar-refractivity contribution is 5.97. The third-order valence-electron chi connectivity index (χ3n) is 4.89. The number of hydrogen-bond acceptors (Lipinski definition) is 5. The monoisotopic (exact) mass is 390 g/mol. The lowest BCUT2D eigenvalue weighted by molar-refractivity contribution is 0.0727. The quantitative estimate of drug-likeness (QED) is 0.724. The number of para-hydroxylation sites is 1. The van der Waals surface area contributed by atoms with Crippen LogP contribution in [0.15, 0.2) is 53.6 Å². The molecule has 0 fully saturated rings. The molecule has 1 aliphatic heterocycles. The first kappa shape index (κ1) is 18.9. The number of amides is 1. The maximum Gasteiger partial charge on any atom is 0.257 e.